The molecule has 2 aromatic carbocycles. The van der Waals surface area contributed by atoms with Crippen molar-refractivity contribution < 1.29 is 5.11 Å². The number of phenols is 1. The number of nitrogens with two attached hydrogens (primary N) is 1. The van der Waals surface area contributed by atoms with E-state index in [0.717, 1.165) is 16.7 Å². The second kappa shape index (κ2) is 4.83. The quantitative estimate of drug-likeness (QED) is 0.666. The number of fused-ring (bicyclic) bond motifs is 1. The number of rotatable bonds is 2. The van der Waals surface area contributed by atoms with Gasteiger partial charge in [0.2, 0.25) is 0 Å². The summed E-state index contributed by atoms with van der Waals surface area (Å²) < 4.78 is 0. The maximum atomic E-state index is 11.9. The van der Waals surface area contributed by atoms with E-state index in [1.165, 1.54) is 0 Å². The highest BCUT2D eigenvalue weighted by Gasteiger charge is 2.10. The molecule has 4 heteroatoms. The minimum Gasteiger partial charge on any atom is -0.507 e. The van der Waals surface area contributed by atoms with Crippen LogP contribution in [0.3, 0.4) is 0 Å². The SMILES string of the molecule is NCc1cccc(-c2c[nH]c(=O)c3cccc(O)c23)c1. The Labute approximate surface area is 115 Å². The molecule has 3 aromatic rings. The maximum Gasteiger partial charge on any atom is 0.255 e. The second-order valence-electron chi connectivity index (χ2n) is 4.64. The number of aromatic amines is 1. The van der Waals surface area contributed by atoms with Crippen LogP contribution in [-0.4, -0.2) is 10.1 Å². The fourth-order valence-corrected chi connectivity index (χ4v) is 2.39. The number of benzene rings is 2. The van der Waals surface area contributed by atoms with Crippen LogP contribution >= 0.6 is 0 Å². The van der Waals surface area contributed by atoms with Crippen molar-refractivity contribution in [3.05, 3.63) is 64.6 Å². The average Bonchev–Trinajstić information content (AvgIpc) is 2.48. The van der Waals surface area contributed by atoms with Gasteiger partial charge in [0.1, 0.15) is 5.75 Å². The molecule has 0 aliphatic heterocycles. The Morgan fingerprint density at radius 1 is 1.15 bits per heavy atom. The lowest BCUT2D eigenvalue weighted by Gasteiger charge is -2.09. The van der Waals surface area contributed by atoms with E-state index in [1.54, 1.807) is 24.4 Å². The Kier molecular flexibility index (Phi) is 3.00. The number of hydrogen-bond acceptors (Lipinski definition) is 3. The molecular weight excluding hydrogens is 252 g/mol. The van der Waals surface area contributed by atoms with Crippen molar-refractivity contribution in [2.45, 2.75) is 6.54 Å². The molecule has 0 spiro atoms. The first-order chi connectivity index (χ1) is 9.70. The Bertz CT molecular complexity index is 837. The molecule has 0 atom stereocenters. The van der Waals surface area contributed by atoms with Gasteiger partial charge in [-0.15, -0.1) is 0 Å². The molecular formula is C16H14N2O2. The molecule has 0 fully saturated rings. The molecule has 0 saturated carbocycles. The van der Waals surface area contributed by atoms with Gasteiger partial charge in [0.15, 0.2) is 0 Å². The largest absolute Gasteiger partial charge is 0.507 e. The van der Waals surface area contributed by atoms with E-state index in [1.807, 2.05) is 24.3 Å². The zero-order chi connectivity index (χ0) is 14.1. The van der Waals surface area contributed by atoms with Crippen molar-refractivity contribution in [2.24, 2.45) is 5.73 Å². The van der Waals surface area contributed by atoms with Crippen LogP contribution in [0, 0.1) is 0 Å². The molecule has 0 radical (unpaired) electrons. The molecule has 20 heavy (non-hydrogen) atoms. The molecule has 4 nitrogen and oxygen atoms in total. The van der Waals surface area contributed by atoms with E-state index < -0.39 is 0 Å². The third-order valence-electron chi connectivity index (χ3n) is 3.38. The molecule has 1 aromatic heterocycles. The van der Waals surface area contributed by atoms with Crippen molar-refractivity contribution in [1.29, 1.82) is 0 Å². The highest BCUT2D eigenvalue weighted by Crippen LogP contribution is 2.32. The van der Waals surface area contributed by atoms with E-state index in [9.17, 15) is 9.90 Å². The number of aromatic hydroxyl groups is 1. The second-order valence-corrected chi connectivity index (χ2v) is 4.64. The lowest BCUT2D eigenvalue weighted by Crippen LogP contribution is -2.06. The highest BCUT2D eigenvalue weighted by atomic mass is 16.3. The lowest BCUT2D eigenvalue weighted by atomic mass is 9.98. The molecule has 0 bridgehead atoms. The zero-order valence-corrected chi connectivity index (χ0v) is 10.8. The van der Waals surface area contributed by atoms with Gasteiger partial charge in [-0.25, -0.2) is 0 Å². The van der Waals surface area contributed by atoms with Crippen molar-refractivity contribution in [3.8, 4) is 16.9 Å². The Balaban J connectivity index is 2.36. The van der Waals surface area contributed by atoms with Gasteiger partial charge in [-0.3, -0.25) is 4.79 Å². The molecule has 0 aliphatic carbocycles. The highest BCUT2D eigenvalue weighted by molar-refractivity contribution is 5.99. The normalized spacial score (nSPS) is 10.8. The van der Waals surface area contributed by atoms with Gasteiger partial charge >= 0.3 is 0 Å². The third-order valence-corrected chi connectivity index (χ3v) is 3.38. The lowest BCUT2D eigenvalue weighted by molar-refractivity contribution is 0.481. The Morgan fingerprint density at radius 2 is 1.95 bits per heavy atom. The number of aromatic nitrogens is 1. The first-order valence-corrected chi connectivity index (χ1v) is 6.33. The minimum atomic E-state index is -0.213. The van der Waals surface area contributed by atoms with Gasteiger partial charge in [0.05, 0.1) is 5.39 Å². The van der Waals surface area contributed by atoms with Crippen molar-refractivity contribution >= 4 is 10.8 Å². The summed E-state index contributed by atoms with van der Waals surface area (Å²) in [4.78, 5) is 14.6. The van der Waals surface area contributed by atoms with E-state index in [0.29, 0.717) is 17.3 Å². The maximum absolute atomic E-state index is 11.9. The Hall–Kier alpha value is -2.59. The van der Waals surface area contributed by atoms with Crippen LogP contribution < -0.4 is 11.3 Å². The fraction of sp³-hybridized carbons (Fsp3) is 0.0625. The van der Waals surface area contributed by atoms with Crippen molar-refractivity contribution in [1.82, 2.24) is 4.98 Å². The van der Waals surface area contributed by atoms with Crippen LogP contribution in [0.5, 0.6) is 5.75 Å². The van der Waals surface area contributed by atoms with Crippen LogP contribution in [0.1, 0.15) is 5.56 Å². The number of hydrogen-bond donors (Lipinski definition) is 3. The summed E-state index contributed by atoms with van der Waals surface area (Å²) in [5, 5.41) is 11.1. The summed E-state index contributed by atoms with van der Waals surface area (Å²) >= 11 is 0. The average molecular weight is 266 g/mol. The summed E-state index contributed by atoms with van der Waals surface area (Å²) in [5.74, 6) is 0.0988. The first-order valence-electron chi connectivity index (χ1n) is 6.33. The van der Waals surface area contributed by atoms with Gasteiger partial charge in [-0.1, -0.05) is 24.3 Å². The standard InChI is InChI=1S/C16H14N2O2/c17-8-10-3-1-4-11(7-10)13-9-18-16(20)12-5-2-6-14(19)15(12)13/h1-7,9,19H,8,17H2,(H,18,20). The zero-order valence-electron chi connectivity index (χ0n) is 10.8. The predicted octanol–water partition coefficient (Wildman–Crippen LogP) is 2.36. The number of pyridine rings is 1. The molecule has 0 unspecified atom stereocenters. The van der Waals surface area contributed by atoms with Crippen molar-refractivity contribution in [3.63, 3.8) is 0 Å². The van der Waals surface area contributed by atoms with E-state index in [4.69, 9.17) is 5.73 Å². The summed E-state index contributed by atoms with van der Waals surface area (Å²) in [6.07, 6.45) is 1.63. The molecule has 100 valence electrons. The van der Waals surface area contributed by atoms with E-state index >= 15 is 0 Å². The number of H-pyrrole nitrogens is 1. The van der Waals surface area contributed by atoms with Crippen LogP contribution in [-0.2, 0) is 6.54 Å². The summed E-state index contributed by atoms with van der Waals surface area (Å²) in [5.41, 5.74) is 8.14. The molecule has 0 amide bonds. The number of phenolic OH excluding ortho intramolecular Hbond substituents is 1. The van der Waals surface area contributed by atoms with Gasteiger partial charge in [-0.2, -0.15) is 0 Å². The topological polar surface area (TPSA) is 79.1 Å². The van der Waals surface area contributed by atoms with Crippen LogP contribution in [0.2, 0.25) is 0 Å². The first kappa shape index (κ1) is 12.4. The molecule has 4 N–H and O–H groups in total. The van der Waals surface area contributed by atoms with Crippen LogP contribution in [0.4, 0.5) is 0 Å². The van der Waals surface area contributed by atoms with E-state index in [-0.39, 0.29) is 11.3 Å². The smallest absolute Gasteiger partial charge is 0.255 e. The number of nitrogens with one attached hydrogen (secondary N) is 1. The van der Waals surface area contributed by atoms with Gasteiger partial charge < -0.3 is 15.8 Å². The monoisotopic (exact) mass is 266 g/mol. The summed E-state index contributed by atoms with van der Waals surface area (Å²) in [7, 11) is 0. The molecule has 0 saturated heterocycles. The molecule has 0 aliphatic rings. The molecule has 1 heterocycles. The Morgan fingerprint density at radius 3 is 2.75 bits per heavy atom. The van der Waals surface area contributed by atoms with Gasteiger partial charge in [0, 0.05) is 23.7 Å². The molecule has 3 rings (SSSR count). The van der Waals surface area contributed by atoms with E-state index in [2.05, 4.69) is 4.98 Å². The summed E-state index contributed by atoms with van der Waals surface area (Å²) in [6, 6.07) is 12.7. The predicted molar refractivity (Wildman–Crippen MR) is 79.6 cm³/mol. The fourth-order valence-electron chi connectivity index (χ4n) is 2.39. The minimum absolute atomic E-state index is 0.0988. The van der Waals surface area contributed by atoms with Crippen LogP contribution in [0.25, 0.3) is 21.9 Å². The van der Waals surface area contributed by atoms with Crippen LogP contribution in [0.15, 0.2) is 53.5 Å². The third kappa shape index (κ3) is 1.96. The van der Waals surface area contributed by atoms with Crippen molar-refractivity contribution in [2.75, 3.05) is 0 Å². The van der Waals surface area contributed by atoms with Gasteiger partial charge in [0.25, 0.3) is 5.56 Å². The summed E-state index contributed by atoms with van der Waals surface area (Å²) in [6.45, 7) is 0.446. The van der Waals surface area contributed by atoms with Gasteiger partial charge in [-0.05, 0) is 29.3 Å².